The number of fused-ring (bicyclic) bond motifs is 1. The number of hydrogen-bond donors (Lipinski definition) is 1. The van der Waals surface area contributed by atoms with Crippen LogP contribution in [0.2, 0.25) is 5.02 Å². The normalized spacial score (nSPS) is 23.6. The molecule has 1 fully saturated rings. The van der Waals surface area contributed by atoms with E-state index >= 15 is 0 Å². The Kier molecular flexibility index (Phi) is 2.95. The third kappa shape index (κ3) is 2.05. The van der Waals surface area contributed by atoms with Crippen molar-refractivity contribution in [1.29, 1.82) is 0 Å². The third-order valence-electron chi connectivity index (χ3n) is 3.65. The average molecular weight is 305 g/mol. The number of aromatic nitrogens is 3. The average Bonchev–Trinajstić information content (AvgIpc) is 2.94. The van der Waals surface area contributed by atoms with Gasteiger partial charge in [-0.25, -0.2) is 0 Å². The molecule has 108 valence electrons. The number of alkyl halides is 3. The number of nitrogens with zero attached hydrogens (tertiary/aromatic N) is 3. The van der Waals surface area contributed by atoms with E-state index in [1.807, 2.05) is 6.92 Å². The number of halogens is 4. The zero-order valence-corrected chi connectivity index (χ0v) is 11.4. The lowest BCUT2D eigenvalue weighted by atomic mass is 9.99. The second kappa shape index (κ2) is 4.33. The first-order valence-corrected chi connectivity index (χ1v) is 6.56. The molecule has 1 aliphatic heterocycles. The molecule has 1 aliphatic rings. The maximum Gasteiger partial charge on any atom is 0.417 e. The lowest BCUT2D eigenvalue weighted by molar-refractivity contribution is -0.137. The van der Waals surface area contributed by atoms with Crippen molar-refractivity contribution in [3.63, 3.8) is 0 Å². The monoisotopic (exact) mass is 304 g/mol. The standard InChI is InChI=1S/C12H12ClF3N4/c1-11(3-2-4-17-11)10-19-18-9-8(13)5-7(6-20(9)10)12(14,15)16/h5-6,17H,2-4H2,1H3. The summed E-state index contributed by atoms with van der Waals surface area (Å²) < 4.78 is 40.0. The van der Waals surface area contributed by atoms with Gasteiger partial charge in [0.05, 0.1) is 16.1 Å². The summed E-state index contributed by atoms with van der Waals surface area (Å²) in [6, 6.07) is 0.875. The van der Waals surface area contributed by atoms with Crippen molar-refractivity contribution < 1.29 is 13.2 Å². The Labute approximate surface area is 117 Å². The van der Waals surface area contributed by atoms with Crippen LogP contribution in [0.5, 0.6) is 0 Å². The van der Waals surface area contributed by atoms with E-state index < -0.39 is 17.3 Å². The van der Waals surface area contributed by atoms with Crippen molar-refractivity contribution in [2.45, 2.75) is 31.5 Å². The first kappa shape index (κ1) is 13.6. The van der Waals surface area contributed by atoms with E-state index in [2.05, 4.69) is 15.5 Å². The summed E-state index contributed by atoms with van der Waals surface area (Å²) in [4.78, 5) is 0. The van der Waals surface area contributed by atoms with Crippen LogP contribution in [-0.2, 0) is 11.7 Å². The molecule has 1 saturated heterocycles. The minimum atomic E-state index is -4.45. The van der Waals surface area contributed by atoms with Crippen molar-refractivity contribution >= 4 is 17.2 Å². The van der Waals surface area contributed by atoms with Crippen LogP contribution in [0.25, 0.3) is 5.65 Å². The molecule has 2 aromatic rings. The van der Waals surface area contributed by atoms with Gasteiger partial charge >= 0.3 is 6.18 Å². The Morgan fingerprint density at radius 2 is 2.15 bits per heavy atom. The Morgan fingerprint density at radius 1 is 1.40 bits per heavy atom. The van der Waals surface area contributed by atoms with Gasteiger partial charge in [0.15, 0.2) is 11.5 Å². The Morgan fingerprint density at radius 3 is 2.75 bits per heavy atom. The molecule has 2 aromatic heterocycles. The SMILES string of the molecule is CC1(c2nnc3c(Cl)cc(C(F)(F)F)cn23)CCCN1. The summed E-state index contributed by atoms with van der Waals surface area (Å²) in [6.45, 7) is 2.71. The highest BCUT2D eigenvalue weighted by atomic mass is 35.5. The Balaban J connectivity index is 2.22. The van der Waals surface area contributed by atoms with Crippen LogP contribution in [0.1, 0.15) is 31.2 Å². The van der Waals surface area contributed by atoms with Gasteiger partial charge in [-0.1, -0.05) is 11.6 Å². The zero-order valence-electron chi connectivity index (χ0n) is 10.6. The number of hydrogen-bond acceptors (Lipinski definition) is 3. The largest absolute Gasteiger partial charge is 0.417 e. The predicted molar refractivity (Wildman–Crippen MR) is 67.6 cm³/mol. The highest BCUT2D eigenvalue weighted by molar-refractivity contribution is 6.33. The Bertz CT molecular complexity index is 659. The number of rotatable bonds is 1. The summed E-state index contributed by atoms with van der Waals surface area (Å²) in [5.41, 5.74) is -1.05. The smallest absolute Gasteiger partial charge is 0.305 e. The van der Waals surface area contributed by atoms with E-state index in [-0.39, 0.29) is 10.7 Å². The van der Waals surface area contributed by atoms with Gasteiger partial charge < -0.3 is 5.32 Å². The van der Waals surface area contributed by atoms with Crippen LogP contribution < -0.4 is 5.32 Å². The fourth-order valence-corrected chi connectivity index (χ4v) is 2.82. The van der Waals surface area contributed by atoms with Gasteiger partial charge in [0.25, 0.3) is 0 Å². The van der Waals surface area contributed by atoms with Crippen LogP contribution in [0.3, 0.4) is 0 Å². The number of nitrogens with one attached hydrogen (secondary N) is 1. The van der Waals surface area contributed by atoms with E-state index in [1.165, 1.54) is 4.40 Å². The summed E-state index contributed by atoms with van der Waals surface area (Å²) in [5, 5.41) is 11.1. The molecule has 3 rings (SSSR count). The first-order chi connectivity index (χ1) is 9.31. The maximum atomic E-state index is 12.9. The van der Waals surface area contributed by atoms with Crippen LogP contribution in [0.15, 0.2) is 12.3 Å². The van der Waals surface area contributed by atoms with Crippen molar-refractivity contribution in [2.75, 3.05) is 6.54 Å². The van der Waals surface area contributed by atoms with Crippen molar-refractivity contribution in [2.24, 2.45) is 0 Å². The van der Waals surface area contributed by atoms with Gasteiger partial charge in [0.2, 0.25) is 0 Å². The molecule has 0 aliphatic carbocycles. The van der Waals surface area contributed by atoms with Crippen molar-refractivity contribution in [1.82, 2.24) is 19.9 Å². The molecule has 0 amide bonds. The van der Waals surface area contributed by atoms with Gasteiger partial charge in [-0.05, 0) is 32.4 Å². The molecular weight excluding hydrogens is 293 g/mol. The summed E-state index contributed by atoms with van der Waals surface area (Å²) in [6.07, 6.45) is -1.72. The van der Waals surface area contributed by atoms with Crippen LogP contribution in [0, 0.1) is 0 Å². The van der Waals surface area contributed by atoms with Gasteiger partial charge in [-0.3, -0.25) is 4.40 Å². The quantitative estimate of drug-likeness (QED) is 0.880. The van der Waals surface area contributed by atoms with Crippen molar-refractivity contribution in [3.05, 3.63) is 28.7 Å². The lowest BCUT2D eigenvalue weighted by Gasteiger charge is -2.22. The molecule has 1 atom stereocenters. The molecule has 0 radical (unpaired) electrons. The van der Waals surface area contributed by atoms with Crippen molar-refractivity contribution in [3.8, 4) is 0 Å². The van der Waals surface area contributed by atoms with E-state index in [4.69, 9.17) is 11.6 Å². The zero-order chi connectivity index (χ0) is 14.5. The van der Waals surface area contributed by atoms with E-state index in [0.29, 0.717) is 5.82 Å². The summed E-state index contributed by atoms with van der Waals surface area (Å²) in [5.74, 6) is 0.456. The molecule has 20 heavy (non-hydrogen) atoms. The predicted octanol–water partition coefficient (Wildman–Crippen LogP) is 3.00. The van der Waals surface area contributed by atoms with E-state index in [0.717, 1.165) is 31.6 Å². The van der Waals surface area contributed by atoms with E-state index in [1.54, 1.807) is 0 Å². The molecule has 0 bridgehead atoms. The van der Waals surface area contributed by atoms with Gasteiger partial charge in [0.1, 0.15) is 0 Å². The minimum Gasteiger partial charge on any atom is -0.305 e. The molecular formula is C12H12ClF3N4. The molecule has 1 N–H and O–H groups in total. The van der Waals surface area contributed by atoms with Gasteiger partial charge in [0, 0.05) is 6.20 Å². The van der Waals surface area contributed by atoms with Crippen LogP contribution >= 0.6 is 11.6 Å². The fraction of sp³-hybridized carbons (Fsp3) is 0.500. The third-order valence-corrected chi connectivity index (χ3v) is 3.93. The van der Waals surface area contributed by atoms with Crippen LogP contribution in [0.4, 0.5) is 13.2 Å². The Hall–Kier alpha value is -1.34. The lowest BCUT2D eigenvalue weighted by Crippen LogP contribution is -2.35. The fourth-order valence-electron chi connectivity index (χ4n) is 2.57. The molecule has 0 saturated carbocycles. The second-order valence-electron chi connectivity index (χ2n) is 5.15. The second-order valence-corrected chi connectivity index (χ2v) is 5.56. The molecule has 0 spiro atoms. The van der Waals surface area contributed by atoms with E-state index in [9.17, 15) is 13.2 Å². The maximum absolute atomic E-state index is 12.9. The topological polar surface area (TPSA) is 42.2 Å². The van der Waals surface area contributed by atoms with Crippen LogP contribution in [-0.4, -0.2) is 21.1 Å². The first-order valence-electron chi connectivity index (χ1n) is 6.18. The van der Waals surface area contributed by atoms with Gasteiger partial charge in [-0.2, -0.15) is 13.2 Å². The van der Waals surface area contributed by atoms with Gasteiger partial charge in [-0.15, -0.1) is 10.2 Å². The number of pyridine rings is 1. The molecule has 8 heteroatoms. The molecule has 0 aromatic carbocycles. The highest BCUT2D eigenvalue weighted by Gasteiger charge is 2.37. The summed E-state index contributed by atoms with van der Waals surface area (Å²) in [7, 11) is 0. The highest BCUT2D eigenvalue weighted by Crippen LogP contribution is 2.35. The molecule has 1 unspecified atom stereocenters. The summed E-state index contributed by atoms with van der Waals surface area (Å²) >= 11 is 5.89. The molecule has 4 nitrogen and oxygen atoms in total. The molecule has 3 heterocycles. The minimum absolute atomic E-state index is 0.0554.